The van der Waals surface area contributed by atoms with Crippen LogP contribution in [0.15, 0.2) is 18.2 Å². The molecule has 0 aromatic heterocycles. The number of methoxy groups -OCH3 is 1. The Morgan fingerprint density at radius 1 is 1.47 bits per heavy atom. The number of aryl methyl sites for hydroxylation is 1. The molecule has 0 saturated heterocycles. The average Bonchev–Trinajstić information content (AvgIpc) is 2.42. The van der Waals surface area contributed by atoms with Gasteiger partial charge < -0.3 is 10.1 Å². The molecule has 0 amide bonds. The summed E-state index contributed by atoms with van der Waals surface area (Å²) >= 11 is 0. The lowest BCUT2D eigenvalue weighted by Crippen LogP contribution is -2.41. The van der Waals surface area contributed by atoms with E-state index in [0.717, 1.165) is 37.0 Å². The molecule has 1 aromatic rings. The van der Waals surface area contributed by atoms with E-state index < -0.39 is 0 Å². The van der Waals surface area contributed by atoms with Crippen molar-refractivity contribution in [3.63, 3.8) is 0 Å². The second-order valence-electron chi connectivity index (χ2n) is 5.27. The maximum absolute atomic E-state index is 9.56. The normalized spacial score (nSPS) is 18.2. The van der Waals surface area contributed by atoms with Crippen LogP contribution in [-0.2, 0) is 6.42 Å². The first-order valence-electron chi connectivity index (χ1n) is 6.96. The number of nitrogens with one attached hydrogen (secondary N) is 1. The topological polar surface area (TPSA) is 45.0 Å². The summed E-state index contributed by atoms with van der Waals surface area (Å²) in [5.41, 5.74) is 2.13. The van der Waals surface area contributed by atoms with E-state index in [1.165, 1.54) is 5.56 Å². The molecule has 0 heterocycles. The first-order chi connectivity index (χ1) is 9.20. The third-order valence-electron chi connectivity index (χ3n) is 4.32. The van der Waals surface area contributed by atoms with Gasteiger partial charge in [0.05, 0.1) is 24.6 Å². The van der Waals surface area contributed by atoms with Crippen molar-refractivity contribution in [2.45, 2.75) is 38.6 Å². The highest BCUT2D eigenvalue weighted by Gasteiger charge is 2.45. The maximum atomic E-state index is 9.56. The van der Waals surface area contributed by atoms with Gasteiger partial charge in [0.15, 0.2) is 0 Å². The van der Waals surface area contributed by atoms with Crippen molar-refractivity contribution in [3.8, 4) is 11.8 Å². The summed E-state index contributed by atoms with van der Waals surface area (Å²) in [5.74, 6) is 0.873. The molecule has 2 rings (SSSR count). The van der Waals surface area contributed by atoms with Gasteiger partial charge in [-0.1, -0.05) is 25.5 Å². The van der Waals surface area contributed by atoms with Crippen molar-refractivity contribution in [2.75, 3.05) is 14.2 Å². The van der Waals surface area contributed by atoms with Gasteiger partial charge in [-0.3, -0.25) is 0 Å². The summed E-state index contributed by atoms with van der Waals surface area (Å²) in [4.78, 5) is 0. The lowest BCUT2D eigenvalue weighted by Gasteiger charge is -2.42. The summed E-state index contributed by atoms with van der Waals surface area (Å²) in [6.07, 6.45) is 4.07. The number of hydrogen-bond acceptors (Lipinski definition) is 3. The molecule has 0 aliphatic heterocycles. The molecular formula is C16H22N2O. The predicted octanol–water partition coefficient (Wildman–Crippen LogP) is 3.21. The van der Waals surface area contributed by atoms with Crippen LogP contribution in [0.5, 0.6) is 5.75 Å². The number of ether oxygens (including phenoxy) is 1. The van der Waals surface area contributed by atoms with E-state index in [4.69, 9.17) is 4.74 Å². The second-order valence-corrected chi connectivity index (χ2v) is 5.27. The largest absolute Gasteiger partial charge is 0.496 e. The van der Waals surface area contributed by atoms with E-state index in [0.29, 0.717) is 0 Å². The molecule has 0 bridgehead atoms. The molecule has 19 heavy (non-hydrogen) atoms. The lowest BCUT2D eigenvalue weighted by molar-refractivity contribution is 0.147. The van der Waals surface area contributed by atoms with Gasteiger partial charge in [0, 0.05) is 5.56 Å². The van der Waals surface area contributed by atoms with Gasteiger partial charge in [-0.25, -0.2) is 0 Å². The zero-order chi connectivity index (χ0) is 13.9. The molecule has 1 aliphatic rings. The van der Waals surface area contributed by atoms with Crippen LogP contribution in [0.4, 0.5) is 0 Å². The molecule has 3 nitrogen and oxygen atoms in total. The van der Waals surface area contributed by atoms with Crippen LogP contribution >= 0.6 is 0 Å². The van der Waals surface area contributed by atoms with Gasteiger partial charge in [-0.2, -0.15) is 5.26 Å². The number of hydrogen-bond donors (Lipinski definition) is 1. The smallest absolute Gasteiger partial charge is 0.123 e. The lowest BCUT2D eigenvalue weighted by atomic mass is 9.63. The molecule has 1 fully saturated rings. The van der Waals surface area contributed by atoms with Gasteiger partial charge in [0.1, 0.15) is 5.75 Å². The van der Waals surface area contributed by atoms with Gasteiger partial charge >= 0.3 is 0 Å². The Bertz CT molecular complexity index is 486. The monoisotopic (exact) mass is 258 g/mol. The molecular weight excluding hydrogens is 236 g/mol. The molecule has 1 atom stereocenters. The van der Waals surface area contributed by atoms with E-state index in [9.17, 15) is 5.26 Å². The Balaban J connectivity index is 2.45. The van der Waals surface area contributed by atoms with Gasteiger partial charge in [-0.15, -0.1) is 0 Å². The van der Waals surface area contributed by atoms with Crippen molar-refractivity contribution in [1.82, 2.24) is 5.32 Å². The first kappa shape index (κ1) is 13.9. The van der Waals surface area contributed by atoms with E-state index in [-0.39, 0.29) is 11.5 Å². The van der Waals surface area contributed by atoms with Gasteiger partial charge in [0.2, 0.25) is 0 Å². The van der Waals surface area contributed by atoms with Crippen LogP contribution in [-0.4, -0.2) is 14.2 Å². The molecule has 0 spiro atoms. The summed E-state index contributed by atoms with van der Waals surface area (Å²) in [5, 5.41) is 12.9. The summed E-state index contributed by atoms with van der Waals surface area (Å²) in [6, 6.07) is 8.87. The Hall–Kier alpha value is -1.53. The summed E-state index contributed by atoms with van der Waals surface area (Å²) in [7, 11) is 3.62. The Morgan fingerprint density at radius 2 is 2.21 bits per heavy atom. The van der Waals surface area contributed by atoms with Gasteiger partial charge in [-0.05, 0) is 37.9 Å². The van der Waals surface area contributed by atoms with Crippen molar-refractivity contribution in [2.24, 2.45) is 5.41 Å². The minimum Gasteiger partial charge on any atom is -0.496 e. The van der Waals surface area contributed by atoms with Crippen LogP contribution in [0.1, 0.15) is 43.4 Å². The van der Waals surface area contributed by atoms with Crippen molar-refractivity contribution >= 4 is 0 Å². The van der Waals surface area contributed by atoms with Crippen LogP contribution < -0.4 is 10.1 Å². The standard InChI is InChI=1S/C16H22N2O/c1-4-12-6-7-14(19-3)13(10-12)15(18-2)16(11-17)8-5-9-16/h6-7,10,15,18H,4-5,8-9H2,1-3H3. The van der Waals surface area contributed by atoms with Crippen LogP contribution in [0.25, 0.3) is 0 Å². The fourth-order valence-corrected chi connectivity index (χ4v) is 2.98. The molecule has 1 N–H and O–H groups in total. The Morgan fingerprint density at radius 3 is 2.63 bits per heavy atom. The van der Waals surface area contributed by atoms with E-state index in [2.05, 4.69) is 30.4 Å². The highest BCUT2D eigenvalue weighted by molar-refractivity contribution is 5.42. The third kappa shape index (κ3) is 2.33. The fourth-order valence-electron chi connectivity index (χ4n) is 2.98. The molecule has 102 valence electrons. The first-order valence-corrected chi connectivity index (χ1v) is 6.96. The minimum absolute atomic E-state index is 0.0488. The maximum Gasteiger partial charge on any atom is 0.123 e. The Labute approximate surface area is 115 Å². The number of rotatable bonds is 5. The SMILES string of the molecule is CCc1ccc(OC)c(C(NC)C2(C#N)CCC2)c1. The molecule has 1 saturated carbocycles. The van der Waals surface area contributed by atoms with Crippen molar-refractivity contribution in [1.29, 1.82) is 5.26 Å². The molecule has 0 radical (unpaired) electrons. The zero-order valence-electron chi connectivity index (χ0n) is 12.0. The second kappa shape index (κ2) is 5.63. The molecule has 1 aromatic carbocycles. The quantitative estimate of drug-likeness (QED) is 0.882. The van der Waals surface area contributed by atoms with Gasteiger partial charge in [0.25, 0.3) is 0 Å². The summed E-state index contributed by atoms with van der Waals surface area (Å²) < 4.78 is 5.49. The zero-order valence-corrected chi connectivity index (χ0v) is 12.0. The fraction of sp³-hybridized carbons (Fsp3) is 0.562. The van der Waals surface area contributed by atoms with Crippen LogP contribution in [0.3, 0.4) is 0 Å². The number of benzene rings is 1. The average molecular weight is 258 g/mol. The van der Waals surface area contributed by atoms with E-state index in [1.807, 2.05) is 13.1 Å². The molecule has 1 unspecified atom stereocenters. The van der Waals surface area contributed by atoms with Crippen molar-refractivity contribution < 1.29 is 4.74 Å². The highest BCUT2D eigenvalue weighted by Crippen LogP contribution is 2.51. The number of nitrogens with zero attached hydrogens (tertiary/aromatic N) is 1. The van der Waals surface area contributed by atoms with Crippen LogP contribution in [0, 0.1) is 16.7 Å². The van der Waals surface area contributed by atoms with E-state index in [1.54, 1.807) is 7.11 Å². The number of nitriles is 1. The molecule has 3 heteroatoms. The molecule has 1 aliphatic carbocycles. The minimum atomic E-state index is -0.269. The van der Waals surface area contributed by atoms with Crippen LogP contribution in [0.2, 0.25) is 0 Å². The van der Waals surface area contributed by atoms with E-state index >= 15 is 0 Å². The third-order valence-corrected chi connectivity index (χ3v) is 4.32. The summed E-state index contributed by atoms with van der Waals surface area (Å²) in [6.45, 7) is 2.14. The predicted molar refractivity (Wildman–Crippen MR) is 76.1 cm³/mol. The Kier molecular flexibility index (Phi) is 4.11. The highest BCUT2D eigenvalue weighted by atomic mass is 16.5. The van der Waals surface area contributed by atoms with Crippen molar-refractivity contribution in [3.05, 3.63) is 29.3 Å².